The van der Waals surface area contributed by atoms with Crippen LogP contribution in [-0.4, -0.2) is 110 Å². The van der Waals surface area contributed by atoms with Crippen LogP contribution in [0.15, 0.2) is 60.8 Å². The molecule has 5 rings (SSSR count). The maximum Gasteiger partial charge on any atom is 0.407 e. The summed E-state index contributed by atoms with van der Waals surface area (Å²) in [7, 11) is -1.38. The van der Waals surface area contributed by atoms with Crippen molar-refractivity contribution in [2.75, 3.05) is 57.4 Å². The Morgan fingerprint density at radius 1 is 0.919 bits per heavy atom. The molecule has 2 heterocycles. The van der Waals surface area contributed by atoms with Gasteiger partial charge in [-0.05, 0) is 67.5 Å². The predicted molar refractivity (Wildman–Crippen MR) is 242 cm³/mol. The van der Waals surface area contributed by atoms with Gasteiger partial charge in [0.25, 0.3) is 0 Å². The van der Waals surface area contributed by atoms with Gasteiger partial charge in [-0.2, -0.15) is 11.8 Å². The van der Waals surface area contributed by atoms with Gasteiger partial charge in [0, 0.05) is 89.0 Å². The molecule has 2 fully saturated rings. The van der Waals surface area contributed by atoms with Gasteiger partial charge in [-0.3, -0.25) is 19.2 Å². The van der Waals surface area contributed by atoms with E-state index in [1.165, 1.54) is 22.7 Å². The van der Waals surface area contributed by atoms with E-state index in [0.717, 1.165) is 68.0 Å². The summed E-state index contributed by atoms with van der Waals surface area (Å²) in [5, 5.41) is 8.40. The highest BCUT2D eigenvalue weighted by atomic mass is 32.2. The van der Waals surface area contributed by atoms with Gasteiger partial charge in [0.2, 0.25) is 23.6 Å². The number of amides is 5. The van der Waals surface area contributed by atoms with Gasteiger partial charge < -0.3 is 35.1 Å². The fourth-order valence-corrected chi connectivity index (χ4v) is 9.55. The average molecular weight is 895 g/mol. The van der Waals surface area contributed by atoms with Crippen molar-refractivity contribution in [2.45, 2.75) is 96.1 Å². The van der Waals surface area contributed by atoms with Crippen molar-refractivity contribution in [1.29, 1.82) is 0 Å². The highest BCUT2D eigenvalue weighted by molar-refractivity contribution is 7.99. The lowest BCUT2D eigenvalue weighted by Gasteiger charge is -2.40. The van der Waals surface area contributed by atoms with Gasteiger partial charge in [0.1, 0.15) is 11.6 Å². The number of rotatable bonds is 23. The Kier molecular flexibility index (Phi) is 18.9. The Morgan fingerprint density at radius 3 is 2.37 bits per heavy atom. The lowest BCUT2D eigenvalue weighted by atomic mass is 9.81. The number of carbonyl (C=O) groups excluding carboxylic acids is 5. The maximum atomic E-state index is 15.4. The summed E-state index contributed by atoms with van der Waals surface area (Å²) >= 11 is 1.36. The van der Waals surface area contributed by atoms with Gasteiger partial charge in [-0.25, -0.2) is 13.6 Å². The molecule has 16 heteroatoms. The van der Waals surface area contributed by atoms with E-state index in [9.17, 15) is 28.4 Å². The number of alkyl carbamates (subject to hydrolysis) is 1. The first kappa shape index (κ1) is 48.3. The molecule has 0 radical (unpaired) electrons. The number of nitrogens with zero attached hydrogens (tertiary/aromatic N) is 3. The van der Waals surface area contributed by atoms with E-state index in [1.54, 1.807) is 0 Å². The zero-order valence-electron chi connectivity index (χ0n) is 36.5. The number of hydrogen-bond donors (Lipinski definition) is 3. The molecule has 3 N–H and O–H groups in total. The number of thioether (sulfide) groups is 1. The van der Waals surface area contributed by atoms with Crippen molar-refractivity contribution in [2.24, 2.45) is 5.92 Å². The number of carbonyl (C=O) groups is 5. The van der Waals surface area contributed by atoms with Crippen molar-refractivity contribution >= 4 is 49.6 Å². The summed E-state index contributed by atoms with van der Waals surface area (Å²) in [6.45, 7) is 9.16. The van der Waals surface area contributed by atoms with E-state index >= 15 is 4.39 Å². The highest BCUT2D eigenvalue weighted by Crippen LogP contribution is 2.41. The summed E-state index contributed by atoms with van der Waals surface area (Å²) in [4.78, 5) is 67.4. The van der Waals surface area contributed by atoms with Crippen LogP contribution >= 0.6 is 11.8 Å². The van der Waals surface area contributed by atoms with Crippen molar-refractivity contribution in [3.05, 3.63) is 83.7 Å². The Bertz CT molecular complexity index is 1960. The summed E-state index contributed by atoms with van der Waals surface area (Å²) in [6.07, 6.45) is 8.09. The topological polar surface area (TPSA) is 142 Å². The van der Waals surface area contributed by atoms with Crippen molar-refractivity contribution in [3.63, 3.8) is 0 Å². The monoisotopic (exact) mass is 894 g/mol. The van der Waals surface area contributed by atoms with Crippen LogP contribution < -0.4 is 16.0 Å². The molecular weight excluding hydrogens is 831 g/mol. The lowest BCUT2D eigenvalue weighted by Crippen LogP contribution is -2.43. The van der Waals surface area contributed by atoms with Crippen LogP contribution in [0.25, 0.3) is 11.1 Å². The Labute approximate surface area is 370 Å². The Balaban J connectivity index is 1.31. The van der Waals surface area contributed by atoms with Crippen molar-refractivity contribution < 1.29 is 37.5 Å². The van der Waals surface area contributed by atoms with Crippen LogP contribution in [0.2, 0.25) is 25.7 Å². The molecule has 1 aliphatic heterocycles. The second-order valence-electron chi connectivity index (χ2n) is 17.5. The molecule has 2 aromatic carbocycles. The number of likely N-dealkylation sites (tertiary alicyclic amines) is 1. The number of benzene rings is 2. The summed E-state index contributed by atoms with van der Waals surface area (Å²) < 4.78 is 37.5. The fourth-order valence-electron chi connectivity index (χ4n) is 8.03. The SMILES string of the molecule is C[Si](C)(C)CCOC(=O)NCCCN(C(=O)CSCCC(=O)NCCNC(=O)CN1CCCC1=O)[C@@H](c1cc(-c2cc(F)ccc2F)cn1Cc1ccccc1)C1CCCCC1. The van der Waals surface area contributed by atoms with Gasteiger partial charge in [0.15, 0.2) is 0 Å². The highest BCUT2D eigenvalue weighted by Gasteiger charge is 2.35. The van der Waals surface area contributed by atoms with Crippen molar-refractivity contribution in [1.82, 2.24) is 30.3 Å². The number of hydrogen-bond acceptors (Lipinski definition) is 7. The van der Waals surface area contributed by atoms with Crippen LogP contribution in [0, 0.1) is 17.6 Å². The first-order valence-corrected chi connectivity index (χ1v) is 26.9. The molecule has 1 saturated carbocycles. The molecule has 5 amide bonds. The molecule has 1 aromatic heterocycles. The van der Waals surface area contributed by atoms with Gasteiger partial charge in [-0.1, -0.05) is 69.2 Å². The fraction of sp³-hybridized carbons (Fsp3) is 0.543. The molecule has 1 atom stereocenters. The number of nitrogens with one attached hydrogen (secondary N) is 3. The second-order valence-corrected chi connectivity index (χ2v) is 24.2. The first-order valence-electron chi connectivity index (χ1n) is 22.1. The number of aromatic nitrogens is 1. The molecule has 0 unspecified atom stereocenters. The van der Waals surface area contributed by atoms with Crippen LogP contribution in [0.3, 0.4) is 0 Å². The zero-order valence-corrected chi connectivity index (χ0v) is 38.3. The smallest absolute Gasteiger partial charge is 0.407 e. The third kappa shape index (κ3) is 15.6. The molecule has 1 saturated heterocycles. The lowest BCUT2D eigenvalue weighted by molar-refractivity contribution is -0.133. The molecule has 0 spiro atoms. The molecule has 0 bridgehead atoms. The maximum absolute atomic E-state index is 15.4. The minimum Gasteiger partial charge on any atom is -0.450 e. The summed E-state index contributed by atoms with van der Waals surface area (Å²) in [6, 6.07) is 15.7. The molecule has 3 aromatic rings. The average Bonchev–Trinajstić information content (AvgIpc) is 3.84. The van der Waals surface area contributed by atoms with Crippen LogP contribution in [0.4, 0.5) is 13.6 Å². The molecule has 62 heavy (non-hydrogen) atoms. The minimum absolute atomic E-state index is 0.0174. The van der Waals surface area contributed by atoms with E-state index in [-0.39, 0.29) is 66.9 Å². The second kappa shape index (κ2) is 24.2. The Hall–Kier alpha value is -4.70. The van der Waals surface area contributed by atoms with Crippen LogP contribution in [0.5, 0.6) is 0 Å². The normalized spacial score (nSPS) is 15.0. The van der Waals surface area contributed by atoms with Crippen molar-refractivity contribution in [3.8, 4) is 11.1 Å². The van der Waals surface area contributed by atoms with Crippen LogP contribution in [0.1, 0.15) is 75.1 Å². The zero-order chi connectivity index (χ0) is 44.5. The molecule has 2 aliphatic rings. The van der Waals surface area contributed by atoms with E-state index < -0.39 is 31.8 Å². The van der Waals surface area contributed by atoms with Gasteiger partial charge in [-0.15, -0.1) is 0 Å². The third-order valence-electron chi connectivity index (χ3n) is 11.3. The van der Waals surface area contributed by atoms with Gasteiger partial charge in [0.05, 0.1) is 24.9 Å². The minimum atomic E-state index is -1.38. The third-order valence-corrected chi connectivity index (χ3v) is 14.0. The van der Waals surface area contributed by atoms with E-state index in [0.29, 0.717) is 56.9 Å². The van der Waals surface area contributed by atoms with Gasteiger partial charge >= 0.3 is 6.09 Å². The summed E-state index contributed by atoms with van der Waals surface area (Å²) in [5.74, 6) is -1.11. The summed E-state index contributed by atoms with van der Waals surface area (Å²) in [5.41, 5.74) is 2.51. The first-order chi connectivity index (χ1) is 29.8. The quantitative estimate of drug-likeness (QED) is 0.0668. The molecular formula is C46H64F2N6O6SSi. The molecule has 12 nitrogen and oxygen atoms in total. The van der Waals surface area contributed by atoms with E-state index in [4.69, 9.17) is 4.74 Å². The number of ether oxygens (including phenoxy) is 1. The standard InChI is InChI=1S/C46H64F2N6O6SSi/c1-62(2,3)27-25-60-46(59)51-20-11-24-54(44(58)33-61-26-19-41(55)49-21-22-50-42(56)32-52-23-10-16-43(52)57)45(35-14-8-5-9-15-35)40-28-36(38-29-37(47)17-18-39(38)48)31-53(40)30-34-12-6-4-7-13-34/h4,6-7,12-13,17-18,28-29,31,35,45H,5,8-11,14-16,19-27,30,32-33H2,1-3H3,(H,49,55)(H,50,56)(H,51,59)/t45-/m1/s1. The predicted octanol–water partition coefficient (Wildman–Crippen LogP) is 7.36. The largest absolute Gasteiger partial charge is 0.450 e. The van der Waals surface area contributed by atoms with E-state index in [2.05, 4.69) is 40.2 Å². The van der Waals surface area contributed by atoms with E-state index in [1.807, 2.05) is 47.5 Å². The molecule has 1 aliphatic carbocycles. The molecule has 338 valence electrons. The Morgan fingerprint density at radius 2 is 1.66 bits per heavy atom. The number of halogens is 2. The van der Waals surface area contributed by atoms with Crippen LogP contribution in [-0.2, 0) is 30.5 Å².